The van der Waals surface area contributed by atoms with Crippen LogP contribution in [0.15, 0.2) is 41.9 Å². The second kappa shape index (κ2) is 6.53. The van der Waals surface area contributed by atoms with E-state index >= 15 is 0 Å². The number of nitrogens with zero attached hydrogens (tertiary/aromatic N) is 3. The van der Waals surface area contributed by atoms with Crippen molar-refractivity contribution in [2.45, 2.75) is 13.1 Å². The van der Waals surface area contributed by atoms with Crippen LogP contribution in [0, 0.1) is 0 Å². The quantitative estimate of drug-likeness (QED) is 0.581. The van der Waals surface area contributed by atoms with Crippen molar-refractivity contribution in [1.82, 2.24) is 9.55 Å². The van der Waals surface area contributed by atoms with Crippen LogP contribution in [0.3, 0.4) is 0 Å². The maximum absolute atomic E-state index is 13.1. The van der Waals surface area contributed by atoms with Crippen molar-refractivity contribution < 1.29 is 13.2 Å². The van der Waals surface area contributed by atoms with Gasteiger partial charge in [-0.2, -0.15) is 13.2 Å². The highest BCUT2D eigenvalue weighted by Gasteiger charge is 2.34. The van der Waals surface area contributed by atoms with Crippen molar-refractivity contribution in [1.29, 1.82) is 0 Å². The lowest BCUT2D eigenvalue weighted by Gasteiger charge is -2.12. The highest BCUT2D eigenvalue weighted by molar-refractivity contribution is 8.13. The van der Waals surface area contributed by atoms with Gasteiger partial charge in [0.2, 0.25) is 0 Å². The second-order valence-corrected chi connectivity index (χ2v) is 5.62. The summed E-state index contributed by atoms with van der Waals surface area (Å²) in [7, 11) is 0. The first-order valence-corrected chi connectivity index (χ1v) is 7.34. The molecule has 0 aliphatic heterocycles. The van der Waals surface area contributed by atoms with Gasteiger partial charge < -0.3 is 0 Å². The van der Waals surface area contributed by atoms with Gasteiger partial charge in [0.25, 0.3) is 0 Å². The SMILES string of the molecule is CCS/C(=N\c1ccc(Cl)cc1C(F)(F)F)n1ccnc1. The number of aliphatic imine (C=N–C) groups is 1. The smallest absolute Gasteiger partial charge is 0.285 e. The van der Waals surface area contributed by atoms with E-state index in [9.17, 15) is 13.2 Å². The summed E-state index contributed by atoms with van der Waals surface area (Å²) < 4.78 is 40.7. The summed E-state index contributed by atoms with van der Waals surface area (Å²) in [4.78, 5) is 8.00. The Morgan fingerprint density at radius 3 is 2.76 bits per heavy atom. The van der Waals surface area contributed by atoms with Gasteiger partial charge in [0, 0.05) is 17.4 Å². The average molecular weight is 334 g/mol. The summed E-state index contributed by atoms with van der Waals surface area (Å²) in [6, 6.07) is 3.53. The van der Waals surface area contributed by atoms with E-state index in [0.29, 0.717) is 10.9 Å². The number of halogens is 4. The molecule has 21 heavy (non-hydrogen) atoms. The lowest BCUT2D eigenvalue weighted by Crippen LogP contribution is -2.08. The lowest BCUT2D eigenvalue weighted by atomic mass is 10.2. The van der Waals surface area contributed by atoms with Crippen LogP contribution in [0.25, 0.3) is 0 Å². The second-order valence-electron chi connectivity index (χ2n) is 3.96. The minimum atomic E-state index is -4.51. The van der Waals surface area contributed by atoms with E-state index in [-0.39, 0.29) is 10.7 Å². The van der Waals surface area contributed by atoms with Crippen LogP contribution in [-0.4, -0.2) is 20.5 Å². The molecule has 3 nitrogen and oxygen atoms in total. The molecule has 2 rings (SSSR count). The lowest BCUT2D eigenvalue weighted by molar-refractivity contribution is -0.137. The molecule has 0 N–H and O–H groups in total. The van der Waals surface area contributed by atoms with Crippen molar-refractivity contribution in [2.75, 3.05) is 5.75 Å². The Hall–Kier alpha value is -1.47. The highest BCUT2D eigenvalue weighted by atomic mass is 35.5. The molecule has 1 aromatic carbocycles. The van der Waals surface area contributed by atoms with Crippen molar-refractivity contribution in [3.63, 3.8) is 0 Å². The highest BCUT2D eigenvalue weighted by Crippen LogP contribution is 2.38. The normalized spacial score (nSPS) is 12.7. The first kappa shape index (κ1) is 15.9. The molecule has 0 radical (unpaired) electrons. The molecule has 8 heteroatoms. The predicted molar refractivity (Wildman–Crippen MR) is 79.3 cm³/mol. The molecule has 0 saturated heterocycles. The number of rotatable bonds is 2. The summed E-state index contributed by atoms with van der Waals surface area (Å²) in [5.41, 5.74) is -1.03. The summed E-state index contributed by atoms with van der Waals surface area (Å²) in [6.07, 6.45) is 0.147. The van der Waals surface area contributed by atoms with Crippen molar-refractivity contribution in [3.8, 4) is 0 Å². The molecular weight excluding hydrogens is 323 g/mol. The monoisotopic (exact) mass is 333 g/mol. The van der Waals surface area contributed by atoms with Crippen LogP contribution in [0.4, 0.5) is 18.9 Å². The first-order valence-electron chi connectivity index (χ1n) is 5.98. The summed E-state index contributed by atoms with van der Waals surface area (Å²) in [6.45, 7) is 1.89. The average Bonchev–Trinajstić information content (AvgIpc) is 2.93. The van der Waals surface area contributed by atoms with E-state index in [1.54, 1.807) is 10.8 Å². The molecule has 1 heterocycles. The van der Waals surface area contributed by atoms with Gasteiger partial charge in [-0.15, -0.1) is 0 Å². The zero-order valence-corrected chi connectivity index (χ0v) is 12.5. The maximum atomic E-state index is 13.1. The van der Waals surface area contributed by atoms with Crippen LogP contribution in [-0.2, 0) is 6.18 Å². The minimum absolute atomic E-state index is 0.0219. The van der Waals surface area contributed by atoms with Gasteiger partial charge >= 0.3 is 6.18 Å². The van der Waals surface area contributed by atoms with E-state index in [1.165, 1.54) is 36.4 Å². The van der Waals surface area contributed by atoms with Crippen molar-refractivity contribution >= 4 is 34.2 Å². The third-order valence-electron chi connectivity index (χ3n) is 2.48. The maximum Gasteiger partial charge on any atom is 0.418 e. The number of thioether (sulfide) groups is 1. The Morgan fingerprint density at radius 1 is 1.43 bits per heavy atom. The third-order valence-corrected chi connectivity index (χ3v) is 3.56. The van der Waals surface area contributed by atoms with Gasteiger partial charge in [-0.25, -0.2) is 9.98 Å². The molecule has 0 fully saturated rings. The Balaban J connectivity index is 2.52. The molecule has 0 aliphatic carbocycles. The molecule has 0 unspecified atom stereocenters. The van der Waals surface area contributed by atoms with E-state index in [2.05, 4.69) is 9.98 Å². The largest absolute Gasteiger partial charge is 0.418 e. The van der Waals surface area contributed by atoms with Crippen LogP contribution in [0.2, 0.25) is 5.02 Å². The van der Waals surface area contributed by atoms with Crippen LogP contribution >= 0.6 is 23.4 Å². The van der Waals surface area contributed by atoms with Gasteiger partial charge in [-0.05, 0) is 24.0 Å². The summed E-state index contributed by atoms with van der Waals surface area (Å²) in [5, 5.41) is 0.441. The summed E-state index contributed by atoms with van der Waals surface area (Å²) >= 11 is 6.98. The number of hydrogen-bond donors (Lipinski definition) is 0. The fourth-order valence-corrected chi connectivity index (χ4v) is 2.45. The molecule has 0 atom stereocenters. The molecule has 0 saturated carbocycles. The van der Waals surface area contributed by atoms with Crippen molar-refractivity contribution in [2.24, 2.45) is 4.99 Å². The Bertz CT molecular complexity index is 639. The fourth-order valence-electron chi connectivity index (χ4n) is 1.60. The number of aromatic nitrogens is 2. The molecule has 0 bridgehead atoms. The van der Waals surface area contributed by atoms with E-state index in [4.69, 9.17) is 11.6 Å². The van der Waals surface area contributed by atoms with Crippen LogP contribution in [0.5, 0.6) is 0 Å². The summed E-state index contributed by atoms with van der Waals surface area (Å²) in [5.74, 6) is 0.673. The molecule has 0 aliphatic rings. The molecule has 0 spiro atoms. The number of alkyl halides is 3. The topological polar surface area (TPSA) is 30.2 Å². The Labute approximate surface area is 128 Å². The Morgan fingerprint density at radius 2 is 2.19 bits per heavy atom. The van der Waals surface area contributed by atoms with E-state index in [0.717, 1.165) is 6.07 Å². The standard InChI is InChI=1S/C13H11ClF3N3S/c1-2-21-12(20-6-5-18-8-20)19-11-4-3-9(14)7-10(11)13(15,16)17/h3-8H,2H2,1H3/b19-12-. The van der Waals surface area contributed by atoms with E-state index in [1.807, 2.05) is 6.92 Å². The van der Waals surface area contributed by atoms with Crippen LogP contribution in [0.1, 0.15) is 12.5 Å². The van der Waals surface area contributed by atoms with E-state index < -0.39 is 11.7 Å². The molecule has 112 valence electrons. The number of imidazole rings is 1. The van der Waals surface area contributed by atoms with Gasteiger partial charge in [-0.3, -0.25) is 4.57 Å². The zero-order chi connectivity index (χ0) is 15.5. The minimum Gasteiger partial charge on any atom is -0.285 e. The third kappa shape index (κ3) is 4.01. The number of benzene rings is 1. The molecule has 1 aromatic heterocycles. The predicted octanol–water partition coefficient (Wildman–Crippen LogP) is 4.84. The number of hydrogen-bond acceptors (Lipinski definition) is 3. The van der Waals surface area contributed by atoms with Gasteiger partial charge in [0.05, 0.1) is 11.3 Å². The zero-order valence-electron chi connectivity index (χ0n) is 10.9. The Kier molecular flexibility index (Phi) is 4.95. The van der Waals surface area contributed by atoms with Gasteiger partial charge in [0.1, 0.15) is 6.33 Å². The molecular formula is C13H11ClF3N3S. The van der Waals surface area contributed by atoms with Crippen molar-refractivity contribution in [3.05, 3.63) is 47.5 Å². The molecule has 2 aromatic rings. The molecule has 0 amide bonds. The fraction of sp³-hybridized carbons (Fsp3) is 0.231. The first-order chi connectivity index (χ1) is 9.91. The van der Waals surface area contributed by atoms with Crippen LogP contribution < -0.4 is 0 Å². The van der Waals surface area contributed by atoms with Gasteiger partial charge in [-0.1, -0.05) is 30.3 Å². The van der Waals surface area contributed by atoms with Gasteiger partial charge in [0.15, 0.2) is 5.17 Å².